The van der Waals surface area contributed by atoms with Crippen molar-refractivity contribution >= 4 is 10.9 Å². The van der Waals surface area contributed by atoms with Crippen molar-refractivity contribution in [2.24, 2.45) is 5.73 Å². The van der Waals surface area contributed by atoms with Crippen LogP contribution in [0, 0.1) is 0 Å². The highest BCUT2D eigenvalue weighted by Gasteiger charge is 2.18. The highest BCUT2D eigenvalue weighted by atomic mass is 16.5. The molecule has 2 N–H and O–H groups in total. The van der Waals surface area contributed by atoms with Crippen molar-refractivity contribution in [1.29, 1.82) is 0 Å². The highest BCUT2D eigenvalue weighted by Crippen LogP contribution is 2.23. The first-order chi connectivity index (χ1) is 8.76. The molecule has 1 aromatic carbocycles. The van der Waals surface area contributed by atoms with Crippen LogP contribution in [0.1, 0.15) is 31.4 Å². The Kier molecular flexibility index (Phi) is 4.28. The maximum atomic E-state index is 6.27. The third-order valence-corrected chi connectivity index (χ3v) is 3.29. The summed E-state index contributed by atoms with van der Waals surface area (Å²) in [6.07, 6.45) is 3.91. The molecule has 0 aliphatic rings. The summed E-state index contributed by atoms with van der Waals surface area (Å²) in [5, 5.41) is 1.14. The van der Waals surface area contributed by atoms with Gasteiger partial charge in [0.15, 0.2) is 0 Å². The number of nitrogens with two attached hydrogens (primary N) is 1. The molecule has 2 atom stereocenters. The van der Waals surface area contributed by atoms with Crippen molar-refractivity contribution in [2.45, 2.75) is 31.9 Å². The molecule has 1 heterocycles. The van der Waals surface area contributed by atoms with Crippen molar-refractivity contribution in [2.75, 3.05) is 7.11 Å². The number of fused-ring (bicyclic) bond motifs is 1. The molecule has 2 rings (SSSR count). The predicted octanol–water partition coefficient (Wildman–Crippen LogP) is 3.05. The third kappa shape index (κ3) is 2.68. The first-order valence-electron chi connectivity index (χ1n) is 6.39. The molecule has 0 aliphatic carbocycles. The smallest absolute Gasteiger partial charge is 0.0763 e. The van der Waals surface area contributed by atoms with Gasteiger partial charge in [0, 0.05) is 18.7 Å². The molecule has 0 aliphatic heterocycles. The molecule has 0 amide bonds. The zero-order chi connectivity index (χ0) is 13.0. The van der Waals surface area contributed by atoms with Crippen LogP contribution >= 0.6 is 0 Å². The average Bonchev–Trinajstić information content (AvgIpc) is 2.43. The normalized spacial score (nSPS) is 14.6. The standard InChI is InChI=1S/C15H20N2O/c1-3-5-14(18-2)15(16)12-8-7-11-6-4-9-17-13(11)10-12/h4,6-10,14-15H,3,5,16H2,1-2H3. The summed E-state index contributed by atoms with van der Waals surface area (Å²) in [6, 6.07) is 10.1. The predicted molar refractivity (Wildman–Crippen MR) is 74.4 cm³/mol. The van der Waals surface area contributed by atoms with Crippen LogP contribution in [-0.2, 0) is 4.74 Å². The summed E-state index contributed by atoms with van der Waals surface area (Å²) in [4.78, 5) is 4.36. The summed E-state index contributed by atoms with van der Waals surface area (Å²) in [5.41, 5.74) is 8.34. The van der Waals surface area contributed by atoms with Crippen molar-refractivity contribution in [3.05, 3.63) is 42.1 Å². The monoisotopic (exact) mass is 244 g/mol. The first-order valence-corrected chi connectivity index (χ1v) is 6.39. The van der Waals surface area contributed by atoms with E-state index >= 15 is 0 Å². The van der Waals surface area contributed by atoms with E-state index in [9.17, 15) is 0 Å². The number of benzene rings is 1. The Bertz CT molecular complexity index is 513. The van der Waals surface area contributed by atoms with Gasteiger partial charge < -0.3 is 10.5 Å². The number of methoxy groups -OCH3 is 1. The van der Waals surface area contributed by atoms with Gasteiger partial charge in [-0.1, -0.05) is 31.5 Å². The van der Waals surface area contributed by atoms with Gasteiger partial charge in [-0.2, -0.15) is 0 Å². The number of aromatic nitrogens is 1. The summed E-state index contributed by atoms with van der Waals surface area (Å²) >= 11 is 0. The van der Waals surface area contributed by atoms with Crippen LogP contribution in [-0.4, -0.2) is 18.2 Å². The van der Waals surface area contributed by atoms with Gasteiger partial charge in [-0.05, 0) is 24.1 Å². The lowest BCUT2D eigenvalue weighted by atomic mass is 9.98. The molecule has 2 aromatic rings. The Morgan fingerprint density at radius 3 is 2.89 bits per heavy atom. The molecule has 0 spiro atoms. The second-order valence-electron chi connectivity index (χ2n) is 4.54. The van der Waals surface area contributed by atoms with Gasteiger partial charge in [0.2, 0.25) is 0 Å². The average molecular weight is 244 g/mol. The van der Waals surface area contributed by atoms with E-state index in [-0.39, 0.29) is 12.1 Å². The van der Waals surface area contributed by atoms with Crippen LogP contribution in [0.5, 0.6) is 0 Å². The maximum Gasteiger partial charge on any atom is 0.0763 e. The van der Waals surface area contributed by atoms with E-state index in [0.29, 0.717) is 0 Å². The number of hydrogen-bond donors (Lipinski definition) is 1. The minimum atomic E-state index is -0.0960. The van der Waals surface area contributed by atoms with E-state index in [1.54, 1.807) is 13.3 Å². The molecule has 3 heteroatoms. The van der Waals surface area contributed by atoms with E-state index in [2.05, 4.69) is 36.2 Å². The summed E-state index contributed by atoms with van der Waals surface area (Å²) in [7, 11) is 1.72. The SMILES string of the molecule is CCCC(OC)C(N)c1ccc2cccnc2c1. The Balaban J connectivity index is 2.29. The van der Waals surface area contributed by atoms with Crippen LogP contribution in [0.3, 0.4) is 0 Å². The molecular formula is C15H20N2O. The number of hydrogen-bond acceptors (Lipinski definition) is 3. The zero-order valence-electron chi connectivity index (χ0n) is 11.0. The van der Waals surface area contributed by atoms with Crippen LogP contribution in [0.25, 0.3) is 10.9 Å². The Morgan fingerprint density at radius 1 is 1.33 bits per heavy atom. The fourth-order valence-electron chi connectivity index (χ4n) is 2.23. The molecule has 18 heavy (non-hydrogen) atoms. The minimum Gasteiger partial charge on any atom is -0.379 e. The summed E-state index contributed by atoms with van der Waals surface area (Å²) < 4.78 is 5.47. The molecule has 0 saturated carbocycles. The summed E-state index contributed by atoms with van der Waals surface area (Å²) in [5.74, 6) is 0. The van der Waals surface area contributed by atoms with Crippen LogP contribution in [0.15, 0.2) is 36.5 Å². The largest absolute Gasteiger partial charge is 0.379 e. The van der Waals surface area contributed by atoms with Gasteiger partial charge in [0.25, 0.3) is 0 Å². The highest BCUT2D eigenvalue weighted by molar-refractivity contribution is 5.78. The molecule has 1 aromatic heterocycles. The van der Waals surface area contributed by atoms with Gasteiger partial charge in [0.1, 0.15) is 0 Å². The van der Waals surface area contributed by atoms with Gasteiger partial charge in [-0.15, -0.1) is 0 Å². The molecule has 0 radical (unpaired) electrons. The lowest BCUT2D eigenvalue weighted by molar-refractivity contribution is 0.0725. The van der Waals surface area contributed by atoms with E-state index in [1.165, 1.54) is 0 Å². The van der Waals surface area contributed by atoms with Crippen molar-refractivity contribution in [3.8, 4) is 0 Å². The van der Waals surface area contributed by atoms with Crippen molar-refractivity contribution in [3.63, 3.8) is 0 Å². The number of nitrogens with zero attached hydrogens (tertiary/aromatic N) is 1. The maximum absolute atomic E-state index is 6.27. The molecule has 0 bridgehead atoms. The van der Waals surface area contributed by atoms with Gasteiger partial charge in [-0.25, -0.2) is 0 Å². The van der Waals surface area contributed by atoms with E-state index in [1.807, 2.05) is 6.07 Å². The lowest BCUT2D eigenvalue weighted by Crippen LogP contribution is -2.27. The van der Waals surface area contributed by atoms with E-state index in [4.69, 9.17) is 10.5 Å². The van der Waals surface area contributed by atoms with Crippen molar-refractivity contribution in [1.82, 2.24) is 4.98 Å². The topological polar surface area (TPSA) is 48.1 Å². The molecule has 3 nitrogen and oxygen atoms in total. The van der Waals surface area contributed by atoms with Crippen LogP contribution < -0.4 is 5.73 Å². The van der Waals surface area contributed by atoms with Gasteiger partial charge >= 0.3 is 0 Å². The van der Waals surface area contributed by atoms with Crippen LogP contribution in [0.2, 0.25) is 0 Å². The van der Waals surface area contributed by atoms with E-state index in [0.717, 1.165) is 29.3 Å². The first kappa shape index (κ1) is 13.0. The Morgan fingerprint density at radius 2 is 2.17 bits per heavy atom. The number of ether oxygens (including phenoxy) is 1. The van der Waals surface area contributed by atoms with Gasteiger partial charge in [0.05, 0.1) is 17.7 Å². The fourth-order valence-corrected chi connectivity index (χ4v) is 2.23. The minimum absolute atomic E-state index is 0.0659. The van der Waals surface area contributed by atoms with E-state index < -0.39 is 0 Å². The van der Waals surface area contributed by atoms with Crippen LogP contribution in [0.4, 0.5) is 0 Å². The summed E-state index contributed by atoms with van der Waals surface area (Å²) in [6.45, 7) is 2.14. The van der Waals surface area contributed by atoms with Crippen molar-refractivity contribution < 1.29 is 4.74 Å². The number of rotatable bonds is 5. The lowest BCUT2D eigenvalue weighted by Gasteiger charge is -2.22. The molecule has 0 fully saturated rings. The van der Waals surface area contributed by atoms with Gasteiger partial charge in [-0.3, -0.25) is 4.98 Å². The second-order valence-corrected chi connectivity index (χ2v) is 4.54. The zero-order valence-corrected chi connectivity index (χ0v) is 11.0. The third-order valence-electron chi connectivity index (χ3n) is 3.29. The molecule has 2 unspecified atom stereocenters. The number of pyridine rings is 1. The molecule has 96 valence electrons. The fraction of sp³-hybridized carbons (Fsp3) is 0.400. The second kappa shape index (κ2) is 5.94. The Hall–Kier alpha value is -1.45. The quantitative estimate of drug-likeness (QED) is 0.879. The molecule has 0 saturated heterocycles. The Labute approximate surface area is 108 Å². The molecular weight excluding hydrogens is 224 g/mol.